The molecule has 1 fully saturated rings. The van der Waals surface area contributed by atoms with E-state index in [1.54, 1.807) is 0 Å². The summed E-state index contributed by atoms with van der Waals surface area (Å²) in [5.74, 6) is 0.224. The molecular formula is C14H19BrN2O. The monoisotopic (exact) mass is 310 g/mol. The SMILES string of the molecule is CNC1CCCN(C(=O)Cc2ccccc2Br)C1. The van der Waals surface area contributed by atoms with Crippen molar-refractivity contribution < 1.29 is 4.79 Å². The molecule has 18 heavy (non-hydrogen) atoms. The number of likely N-dealkylation sites (N-methyl/N-ethyl adjacent to an activating group) is 1. The normalized spacial score (nSPS) is 19.9. The van der Waals surface area contributed by atoms with Gasteiger partial charge in [-0.1, -0.05) is 34.1 Å². The molecule has 1 aromatic rings. The van der Waals surface area contributed by atoms with Crippen LogP contribution in [0.25, 0.3) is 0 Å². The summed E-state index contributed by atoms with van der Waals surface area (Å²) in [5.41, 5.74) is 1.06. The Labute approximate surface area is 117 Å². The van der Waals surface area contributed by atoms with Gasteiger partial charge in [0, 0.05) is 23.6 Å². The zero-order valence-corrected chi connectivity index (χ0v) is 12.2. The number of rotatable bonds is 3. The molecule has 1 saturated heterocycles. The van der Waals surface area contributed by atoms with Crippen LogP contribution in [0.2, 0.25) is 0 Å². The Morgan fingerprint density at radius 1 is 1.50 bits per heavy atom. The number of nitrogens with one attached hydrogen (secondary N) is 1. The molecule has 1 aromatic carbocycles. The zero-order chi connectivity index (χ0) is 13.0. The molecule has 1 unspecified atom stereocenters. The molecule has 0 spiro atoms. The molecule has 0 aliphatic carbocycles. The van der Waals surface area contributed by atoms with Crippen LogP contribution in [0.4, 0.5) is 0 Å². The molecule has 2 rings (SSSR count). The molecule has 1 aliphatic heterocycles. The zero-order valence-electron chi connectivity index (χ0n) is 10.7. The number of likely N-dealkylation sites (tertiary alicyclic amines) is 1. The smallest absolute Gasteiger partial charge is 0.227 e. The molecule has 1 heterocycles. The van der Waals surface area contributed by atoms with E-state index in [1.165, 1.54) is 0 Å². The van der Waals surface area contributed by atoms with Crippen molar-refractivity contribution in [2.45, 2.75) is 25.3 Å². The Hall–Kier alpha value is -0.870. The van der Waals surface area contributed by atoms with Crippen molar-refractivity contribution in [2.24, 2.45) is 0 Å². The highest BCUT2D eigenvalue weighted by Gasteiger charge is 2.22. The fourth-order valence-corrected chi connectivity index (χ4v) is 2.78. The van der Waals surface area contributed by atoms with E-state index in [4.69, 9.17) is 0 Å². The maximum Gasteiger partial charge on any atom is 0.227 e. The predicted octanol–water partition coefficient (Wildman–Crippen LogP) is 2.20. The van der Waals surface area contributed by atoms with Crippen molar-refractivity contribution in [3.8, 4) is 0 Å². The van der Waals surface area contributed by atoms with Gasteiger partial charge in [-0.2, -0.15) is 0 Å². The van der Waals surface area contributed by atoms with Gasteiger partial charge >= 0.3 is 0 Å². The molecule has 0 aromatic heterocycles. The van der Waals surface area contributed by atoms with Crippen LogP contribution in [-0.2, 0) is 11.2 Å². The first kappa shape index (κ1) is 13.6. The van der Waals surface area contributed by atoms with Gasteiger partial charge in [-0.05, 0) is 31.5 Å². The second kappa shape index (κ2) is 6.34. The number of carbonyl (C=O) groups excluding carboxylic acids is 1. The molecule has 0 bridgehead atoms. The third-order valence-electron chi connectivity index (χ3n) is 3.48. The summed E-state index contributed by atoms with van der Waals surface area (Å²) in [6, 6.07) is 8.37. The fourth-order valence-electron chi connectivity index (χ4n) is 2.36. The van der Waals surface area contributed by atoms with E-state index in [0.29, 0.717) is 12.5 Å². The first-order valence-corrected chi connectivity index (χ1v) is 7.18. The second-order valence-corrected chi connectivity index (χ2v) is 5.59. The number of carbonyl (C=O) groups is 1. The minimum absolute atomic E-state index is 0.224. The van der Waals surface area contributed by atoms with Crippen LogP contribution in [0.1, 0.15) is 18.4 Å². The molecule has 4 heteroatoms. The number of benzene rings is 1. The average molecular weight is 311 g/mol. The highest BCUT2D eigenvalue weighted by atomic mass is 79.9. The number of nitrogens with zero attached hydrogens (tertiary/aromatic N) is 1. The van der Waals surface area contributed by atoms with Crippen LogP contribution >= 0.6 is 15.9 Å². The molecule has 0 saturated carbocycles. The van der Waals surface area contributed by atoms with Gasteiger partial charge < -0.3 is 10.2 Å². The summed E-state index contributed by atoms with van der Waals surface area (Å²) in [6.45, 7) is 1.72. The highest BCUT2D eigenvalue weighted by molar-refractivity contribution is 9.10. The molecule has 1 amide bonds. The Balaban J connectivity index is 1.97. The summed E-state index contributed by atoms with van der Waals surface area (Å²) in [6.07, 6.45) is 2.74. The Morgan fingerprint density at radius 3 is 3.00 bits per heavy atom. The topological polar surface area (TPSA) is 32.3 Å². The van der Waals surface area contributed by atoms with Crippen molar-refractivity contribution in [1.82, 2.24) is 10.2 Å². The first-order chi connectivity index (χ1) is 8.70. The molecule has 98 valence electrons. The number of piperidine rings is 1. The van der Waals surface area contributed by atoms with E-state index in [1.807, 2.05) is 36.2 Å². The van der Waals surface area contributed by atoms with Crippen LogP contribution in [0.3, 0.4) is 0 Å². The van der Waals surface area contributed by atoms with Crippen LogP contribution in [0.15, 0.2) is 28.7 Å². The van der Waals surface area contributed by atoms with Crippen molar-refractivity contribution >= 4 is 21.8 Å². The van der Waals surface area contributed by atoms with Crippen LogP contribution in [-0.4, -0.2) is 37.0 Å². The van der Waals surface area contributed by atoms with Gasteiger partial charge in [0.1, 0.15) is 0 Å². The van der Waals surface area contributed by atoms with E-state index >= 15 is 0 Å². The van der Waals surface area contributed by atoms with Crippen LogP contribution < -0.4 is 5.32 Å². The Kier molecular flexibility index (Phi) is 4.78. The van der Waals surface area contributed by atoms with Crippen molar-refractivity contribution in [3.63, 3.8) is 0 Å². The lowest BCUT2D eigenvalue weighted by Crippen LogP contribution is -2.47. The molecule has 3 nitrogen and oxygen atoms in total. The minimum Gasteiger partial charge on any atom is -0.341 e. The number of hydrogen-bond acceptors (Lipinski definition) is 2. The molecule has 1 aliphatic rings. The molecule has 1 atom stereocenters. The minimum atomic E-state index is 0.224. The van der Waals surface area contributed by atoms with E-state index < -0.39 is 0 Å². The first-order valence-electron chi connectivity index (χ1n) is 6.39. The molecule has 0 radical (unpaired) electrons. The van der Waals surface area contributed by atoms with Gasteiger partial charge in [-0.15, -0.1) is 0 Å². The van der Waals surface area contributed by atoms with Gasteiger partial charge in [0.2, 0.25) is 5.91 Å². The second-order valence-electron chi connectivity index (χ2n) is 4.74. The predicted molar refractivity (Wildman–Crippen MR) is 76.5 cm³/mol. The van der Waals surface area contributed by atoms with Gasteiger partial charge in [-0.3, -0.25) is 4.79 Å². The van der Waals surface area contributed by atoms with Crippen LogP contribution in [0, 0.1) is 0 Å². The summed E-state index contributed by atoms with van der Waals surface area (Å²) in [4.78, 5) is 14.2. The standard InChI is InChI=1S/C14H19BrN2O/c1-16-12-6-4-8-17(10-12)14(18)9-11-5-2-3-7-13(11)15/h2-3,5,7,12,16H,4,6,8-10H2,1H3. The van der Waals surface area contributed by atoms with E-state index in [-0.39, 0.29) is 5.91 Å². The summed E-state index contributed by atoms with van der Waals surface area (Å²) in [5, 5.41) is 3.26. The number of hydrogen-bond donors (Lipinski definition) is 1. The van der Waals surface area contributed by atoms with Gasteiger partial charge in [-0.25, -0.2) is 0 Å². The highest BCUT2D eigenvalue weighted by Crippen LogP contribution is 2.18. The Morgan fingerprint density at radius 2 is 2.28 bits per heavy atom. The summed E-state index contributed by atoms with van der Waals surface area (Å²) >= 11 is 3.49. The van der Waals surface area contributed by atoms with Crippen LogP contribution in [0.5, 0.6) is 0 Å². The van der Waals surface area contributed by atoms with Gasteiger partial charge in [0.05, 0.1) is 6.42 Å². The fraction of sp³-hybridized carbons (Fsp3) is 0.500. The largest absolute Gasteiger partial charge is 0.341 e. The number of amides is 1. The van der Waals surface area contributed by atoms with Gasteiger partial charge in [0.25, 0.3) is 0 Å². The van der Waals surface area contributed by atoms with E-state index in [9.17, 15) is 4.79 Å². The molecule has 1 N–H and O–H groups in total. The van der Waals surface area contributed by atoms with Gasteiger partial charge in [0.15, 0.2) is 0 Å². The van der Waals surface area contributed by atoms with Crippen molar-refractivity contribution in [1.29, 1.82) is 0 Å². The lowest BCUT2D eigenvalue weighted by atomic mass is 10.0. The summed E-state index contributed by atoms with van der Waals surface area (Å²) in [7, 11) is 1.96. The van der Waals surface area contributed by atoms with E-state index in [0.717, 1.165) is 36.0 Å². The molecular weight excluding hydrogens is 292 g/mol. The third-order valence-corrected chi connectivity index (χ3v) is 4.26. The average Bonchev–Trinajstić information content (AvgIpc) is 2.41. The van der Waals surface area contributed by atoms with Crippen molar-refractivity contribution in [2.75, 3.05) is 20.1 Å². The maximum atomic E-state index is 12.3. The third kappa shape index (κ3) is 3.33. The summed E-state index contributed by atoms with van der Waals surface area (Å²) < 4.78 is 1.01. The Bertz CT molecular complexity index is 422. The quantitative estimate of drug-likeness (QED) is 0.928. The lowest BCUT2D eigenvalue weighted by molar-refractivity contribution is -0.131. The number of halogens is 1. The van der Waals surface area contributed by atoms with E-state index in [2.05, 4.69) is 21.2 Å². The van der Waals surface area contributed by atoms with Crippen molar-refractivity contribution in [3.05, 3.63) is 34.3 Å². The lowest BCUT2D eigenvalue weighted by Gasteiger charge is -2.32. The maximum absolute atomic E-state index is 12.3.